The summed E-state index contributed by atoms with van der Waals surface area (Å²) in [7, 11) is 0. The van der Waals surface area contributed by atoms with E-state index in [4.69, 9.17) is 10.5 Å². The lowest BCUT2D eigenvalue weighted by Crippen LogP contribution is -2.40. The molecule has 0 amide bonds. The van der Waals surface area contributed by atoms with Crippen molar-refractivity contribution in [2.45, 2.75) is 5.60 Å². The molecule has 0 saturated heterocycles. The smallest absolute Gasteiger partial charge is 0.136 e. The minimum atomic E-state index is -1.41. The van der Waals surface area contributed by atoms with Gasteiger partial charge in [-0.25, -0.2) is 8.78 Å². The van der Waals surface area contributed by atoms with E-state index in [9.17, 15) is 13.9 Å². The van der Waals surface area contributed by atoms with Crippen LogP contribution in [0.15, 0.2) is 48.5 Å². The molecule has 1 unspecified atom stereocenters. The second-order valence-corrected chi connectivity index (χ2v) is 4.50. The third kappa shape index (κ3) is 3.31. The van der Waals surface area contributed by atoms with Crippen LogP contribution in [0.3, 0.4) is 0 Å². The van der Waals surface area contributed by atoms with Crippen molar-refractivity contribution < 1.29 is 18.6 Å². The quantitative estimate of drug-likeness (QED) is 0.882. The predicted octanol–water partition coefficient (Wildman–Crippen LogP) is 2.19. The zero-order valence-electron chi connectivity index (χ0n) is 10.7. The Morgan fingerprint density at radius 1 is 1.05 bits per heavy atom. The van der Waals surface area contributed by atoms with E-state index < -0.39 is 17.2 Å². The highest BCUT2D eigenvalue weighted by molar-refractivity contribution is 5.26. The molecule has 2 rings (SSSR count). The van der Waals surface area contributed by atoms with Gasteiger partial charge in [0, 0.05) is 24.7 Å². The molecule has 0 fully saturated rings. The molecule has 3 nitrogen and oxygen atoms in total. The van der Waals surface area contributed by atoms with E-state index in [-0.39, 0.29) is 18.9 Å². The number of aliphatic hydroxyl groups is 1. The Morgan fingerprint density at radius 3 is 2.20 bits per heavy atom. The number of hydrogen-bond donors (Lipinski definition) is 2. The monoisotopic (exact) mass is 279 g/mol. The van der Waals surface area contributed by atoms with E-state index in [0.29, 0.717) is 5.56 Å². The summed E-state index contributed by atoms with van der Waals surface area (Å²) in [6.07, 6.45) is 0. The van der Waals surface area contributed by atoms with Crippen LogP contribution in [0, 0.1) is 11.6 Å². The van der Waals surface area contributed by atoms with Crippen molar-refractivity contribution in [2.75, 3.05) is 13.2 Å². The molecule has 106 valence electrons. The van der Waals surface area contributed by atoms with Crippen molar-refractivity contribution in [2.24, 2.45) is 5.73 Å². The van der Waals surface area contributed by atoms with Gasteiger partial charge in [0.25, 0.3) is 0 Å². The van der Waals surface area contributed by atoms with Gasteiger partial charge >= 0.3 is 0 Å². The lowest BCUT2D eigenvalue weighted by atomic mass is 9.95. The minimum absolute atomic E-state index is 0.00491. The maximum Gasteiger partial charge on any atom is 0.136 e. The minimum Gasteiger partial charge on any atom is -0.490 e. The molecule has 2 aromatic carbocycles. The van der Waals surface area contributed by atoms with E-state index in [1.165, 1.54) is 0 Å². The fourth-order valence-corrected chi connectivity index (χ4v) is 1.82. The van der Waals surface area contributed by atoms with Crippen LogP contribution in [0.25, 0.3) is 0 Å². The number of ether oxygens (including phenoxy) is 1. The SMILES string of the molecule is NCC(O)(COc1cc(F)cc(F)c1)c1ccccc1. The van der Waals surface area contributed by atoms with Crippen molar-refractivity contribution in [1.29, 1.82) is 0 Å². The van der Waals surface area contributed by atoms with E-state index in [2.05, 4.69) is 0 Å². The zero-order valence-corrected chi connectivity index (χ0v) is 10.7. The van der Waals surface area contributed by atoms with Gasteiger partial charge in [0.15, 0.2) is 0 Å². The van der Waals surface area contributed by atoms with E-state index in [1.807, 2.05) is 6.07 Å². The number of benzene rings is 2. The van der Waals surface area contributed by atoms with Crippen LogP contribution in [-0.4, -0.2) is 18.3 Å². The Balaban J connectivity index is 2.15. The highest BCUT2D eigenvalue weighted by Crippen LogP contribution is 2.23. The van der Waals surface area contributed by atoms with Crippen molar-refractivity contribution in [3.8, 4) is 5.75 Å². The Bertz CT molecular complexity index is 557. The van der Waals surface area contributed by atoms with Gasteiger partial charge in [0.2, 0.25) is 0 Å². The van der Waals surface area contributed by atoms with Gasteiger partial charge in [-0.05, 0) is 5.56 Å². The Labute approximate surface area is 115 Å². The standard InChI is InChI=1S/C15H15F2NO2/c16-12-6-13(17)8-14(7-12)20-10-15(19,9-18)11-4-2-1-3-5-11/h1-8,19H,9-10,18H2. The Morgan fingerprint density at radius 2 is 1.65 bits per heavy atom. The second-order valence-electron chi connectivity index (χ2n) is 4.50. The molecule has 0 aromatic heterocycles. The molecule has 20 heavy (non-hydrogen) atoms. The lowest BCUT2D eigenvalue weighted by molar-refractivity contribution is -0.00163. The summed E-state index contributed by atoms with van der Waals surface area (Å²) >= 11 is 0. The fraction of sp³-hybridized carbons (Fsp3) is 0.200. The van der Waals surface area contributed by atoms with Crippen LogP contribution in [0.4, 0.5) is 8.78 Å². The first kappa shape index (κ1) is 14.4. The van der Waals surface area contributed by atoms with E-state index in [0.717, 1.165) is 18.2 Å². The Kier molecular flexibility index (Phi) is 4.32. The largest absolute Gasteiger partial charge is 0.490 e. The molecule has 2 aromatic rings. The molecule has 0 radical (unpaired) electrons. The summed E-state index contributed by atoms with van der Waals surface area (Å²) in [6, 6.07) is 11.6. The Hall–Kier alpha value is -1.98. The van der Waals surface area contributed by atoms with Gasteiger partial charge in [0.05, 0.1) is 0 Å². The van der Waals surface area contributed by atoms with Crippen LogP contribution in [-0.2, 0) is 5.60 Å². The summed E-state index contributed by atoms with van der Waals surface area (Å²) in [5.41, 5.74) is 4.75. The molecule has 0 aliphatic carbocycles. The molecule has 0 spiro atoms. The fourth-order valence-electron chi connectivity index (χ4n) is 1.82. The third-order valence-corrected chi connectivity index (χ3v) is 2.96. The predicted molar refractivity (Wildman–Crippen MR) is 71.2 cm³/mol. The van der Waals surface area contributed by atoms with Gasteiger partial charge in [-0.2, -0.15) is 0 Å². The number of nitrogens with two attached hydrogens (primary N) is 1. The molecule has 1 atom stereocenters. The molecular formula is C15H15F2NO2. The number of rotatable bonds is 5. The van der Waals surface area contributed by atoms with Crippen LogP contribution >= 0.6 is 0 Å². The highest BCUT2D eigenvalue weighted by atomic mass is 19.1. The van der Waals surface area contributed by atoms with E-state index in [1.54, 1.807) is 24.3 Å². The lowest BCUT2D eigenvalue weighted by Gasteiger charge is -2.27. The summed E-state index contributed by atoms with van der Waals surface area (Å²) < 4.78 is 31.4. The third-order valence-electron chi connectivity index (χ3n) is 2.96. The number of halogens is 2. The van der Waals surface area contributed by atoms with Crippen LogP contribution in [0.2, 0.25) is 0 Å². The molecule has 0 heterocycles. The summed E-state index contributed by atoms with van der Waals surface area (Å²) in [5.74, 6) is -1.47. The average Bonchev–Trinajstić information content (AvgIpc) is 2.45. The molecule has 0 saturated carbocycles. The normalized spacial score (nSPS) is 13.8. The van der Waals surface area contributed by atoms with Gasteiger partial charge in [0.1, 0.15) is 29.6 Å². The van der Waals surface area contributed by atoms with Crippen molar-refractivity contribution in [3.63, 3.8) is 0 Å². The van der Waals surface area contributed by atoms with Crippen molar-refractivity contribution >= 4 is 0 Å². The first-order valence-electron chi connectivity index (χ1n) is 6.10. The molecule has 0 aliphatic heterocycles. The molecular weight excluding hydrogens is 264 g/mol. The van der Waals surface area contributed by atoms with Gasteiger partial charge in [-0.1, -0.05) is 30.3 Å². The van der Waals surface area contributed by atoms with Gasteiger partial charge < -0.3 is 15.6 Å². The second kappa shape index (κ2) is 5.98. The maximum atomic E-state index is 13.0. The van der Waals surface area contributed by atoms with Gasteiger partial charge in [-0.3, -0.25) is 0 Å². The summed E-state index contributed by atoms with van der Waals surface area (Å²) in [6.45, 7) is -0.273. The van der Waals surface area contributed by atoms with E-state index >= 15 is 0 Å². The molecule has 0 aliphatic rings. The summed E-state index contributed by atoms with van der Waals surface area (Å²) in [4.78, 5) is 0. The highest BCUT2D eigenvalue weighted by Gasteiger charge is 2.28. The molecule has 5 heteroatoms. The number of hydrogen-bond acceptors (Lipinski definition) is 3. The van der Waals surface area contributed by atoms with Crippen molar-refractivity contribution in [1.82, 2.24) is 0 Å². The average molecular weight is 279 g/mol. The zero-order chi connectivity index (χ0) is 14.6. The summed E-state index contributed by atoms with van der Waals surface area (Å²) in [5, 5.41) is 10.5. The topological polar surface area (TPSA) is 55.5 Å². The molecule has 0 bridgehead atoms. The maximum absolute atomic E-state index is 13.0. The van der Waals surface area contributed by atoms with Crippen LogP contribution < -0.4 is 10.5 Å². The first-order chi connectivity index (χ1) is 9.53. The van der Waals surface area contributed by atoms with Crippen molar-refractivity contribution in [3.05, 3.63) is 65.7 Å². The van der Waals surface area contributed by atoms with Crippen LogP contribution in [0.5, 0.6) is 5.75 Å². The molecule has 3 N–H and O–H groups in total. The van der Waals surface area contributed by atoms with Crippen LogP contribution in [0.1, 0.15) is 5.56 Å². The van der Waals surface area contributed by atoms with Gasteiger partial charge in [-0.15, -0.1) is 0 Å². The first-order valence-corrected chi connectivity index (χ1v) is 6.10.